The van der Waals surface area contributed by atoms with Crippen LogP contribution >= 0.6 is 22.9 Å². The molecule has 0 aliphatic carbocycles. The van der Waals surface area contributed by atoms with Gasteiger partial charge >= 0.3 is 0 Å². The van der Waals surface area contributed by atoms with Crippen LogP contribution in [0, 0.1) is 0 Å². The number of amides is 1. The van der Waals surface area contributed by atoms with Crippen LogP contribution in [-0.4, -0.2) is 13.0 Å². The number of methoxy groups -OCH3 is 1. The lowest BCUT2D eigenvalue weighted by Gasteiger charge is -2.09. The van der Waals surface area contributed by atoms with Gasteiger partial charge in [-0.1, -0.05) is 11.6 Å². The van der Waals surface area contributed by atoms with Gasteiger partial charge in [-0.2, -0.15) is 0 Å². The van der Waals surface area contributed by atoms with Gasteiger partial charge in [-0.15, -0.1) is 11.3 Å². The summed E-state index contributed by atoms with van der Waals surface area (Å²) in [5, 5.41) is 2.75. The van der Waals surface area contributed by atoms with Crippen LogP contribution in [0.5, 0.6) is 5.75 Å². The first-order valence-corrected chi connectivity index (χ1v) is 6.30. The molecule has 0 radical (unpaired) electrons. The van der Waals surface area contributed by atoms with Gasteiger partial charge in [0, 0.05) is 11.8 Å². The van der Waals surface area contributed by atoms with Gasteiger partial charge in [0.15, 0.2) is 0 Å². The second-order valence-electron chi connectivity index (χ2n) is 3.52. The number of nitrogens with one attached hydrogen (secondary N) is 1. The molecule has 18 heavy (non-hydrogen) atoms. The Kier molecular flexibility index (Phi) is 3.74. The standard InChI is InChI=1S/C12H11ClN2O2S/c1-17-9-6-7(14)2-3-8(9)15-12(16)10-4-5-11(13)18-10/h2-6H,14H2,1H3,(H,15,16). The number of carbonyl (C=O) groups is 1. The molecule has 0 atom stereocenters. The smallest absolute Gasteiger partial charge is 0.265 e. The molecule has 0 unspecified atom stereocenters. The van der Waals surface area contributed by atoms with Crippen molar-refractivity contribution in [3.8, 4) is 5.75 Å². The number of thiophene rings is 1. The van der Waals surface area contributed by atoms with Crippen molar-refractivity contribution in [3.05, 3.63) is 39.5 Å². The van der Waals surface area contributed by atoms with Crippen molar-refractivity contribution < 1.29 is 9.53 Å². The van der Waals surface area contributed by atoms with E-state index in [1.807, 2.05) is 0 Å². The van der Waals surface area contributed by atoms with Gasteiger partial charge in [0.2, 0.25) is 0 Å². The third-order valence-corrected chi connectivity index (χ3v) is 3.50. The Morgan fingerprint density at radius 3 is 2.78 bits per heavy atom. The maximum Gasteiger partial charge on any atom is 0.265 e. The minimum absolute atomic E-state index is 0.227. The Bertz CT molecular complexity index is 583. The Morgan fingerprint density at radius 1 is 1.39 bits per heavy atom. The van der Waals surface area contributed by atoms with Crippen LogP contribution in [0.2, 0.25) is 4.34 Å². The summed E-state index contributed by atoms with van der Waals surface area (Å²) in [6.45, 7) is 0. The van der Waals surface area contributed by atoms with Crippen molar-refractivity contribution in [2.24, 2.45) is 0 Å². The zero-order valence-electron chi connectivity index (χ0n) is 9.57. The van der Waals surface area contributed by atoms with Gasteiger partial charge in [-0.05, 0) is 24.3 Å². The first kappa shape index (κ1) is 12.7. The van der Waals surface area contributed by atoms with Crippen LogP contribution in [0.1, 0.15) is 9.67 Å². The summed E-state index contributed by atoms with van der Waals surface area (Å²) in [5.41, 5.74) is 6.78. The molecule has 2 aromatic rings. The molecule has 3 N–H and O–H groups in total. The normalized spacial score (nSPS) is 10.1. The average molecular weight is 283 g/mol. The molecular weight excluding hydrogens is 272 g/mol. The third-order valence-electron chi connectivity index (χ3n) is 2.27. The van der Waals surface area contributed by atoms with Gasteiger partial charge < -0.3 is 15.8 Å². The molecule has 0 spiro atoms. The number of nitrogen functional groups attached to an aromatic ring is 1. The largest absolute Gasteiger partial charge is 0.494 e. The number of hydrogen-bond donors (Lipinski definition) is 2. The Balaban J connectivity index is 2.21. The Labute approximate surface area is 113 Å². The summed E-state index contributed by atoms with van der Waals surface area (Å²) in [6, 6.07) is 8.39. The topological polar surface area (TPSA) is 64.3 Å². The lowest BCUT2D eigenvalue weighted by Crippen LogP contribution is -2.11. The first-order chi connectivity index (χ1) is 8.60. The highest BCUT2D eigenvalue weighted by atomic mass is 35.5. The van der Waals surface area contributed by atoms with Gasteiger partial charge in [0.05, 0.1) is 22.0 Å². The molecule has 2 rings (SSSR count). The number of nitrogens with two attached hydrogens (primary N) is 1. The predicted molar refractivity (Wildman–Crippen MR) is 74.7 cm³/mol. The SMILES string of the molecule is COc1cc(N)ccc1NC(=O)c1ccc(Cl)s1. The molecule has 1 amide bonds. The van der Waals surface area contributed by atoms with Crippen molar-refractivity contribution in [2.45, 2.75) is 0 Å². The van der Waals surface area contributed by atoms with Crippen LogP contribution in [0.15, 0.2) is 30.3 Å². The maximum atomic E-state index is 11.9. The average Bonchev–Trinajstić information content (AvgIpc) is 2.78. The maximum absolute atomic E-state index is 11.9. The van der Waals surface area contributed by atoms with Crippen molar-refractivity contribution in [1.29, 1.82) is 0 Å². The molecule has 0 saturated heterocycles. The molecule has 0 fully saturated rings. The van der Waals surface area contributed by atoms with E-state index in [2.05, 4.69) is 5.32 Å². The molecule has 1 aromatic carbocycles. The molecule has 4 nitrogen and oxygen atoms in total. The molecular formula is C12H11ClN2O2S. The molecule has 6 heteroatoms. The fourth-order valence-electron chi connectivity index (χ4n) is 1.43. The van der Waals surface area contributed by atoms with Crippen molar-refractivity contribution in [1.82, 2.24) is 0 Å². The minimum Gasteiger partial charge on any atom is -0.494 e. The van der Waals surface area contributed by atoms with E-state index in [9.17, 15) is 4.79 Å². The van der Waals surface area contributed by atoms with Crippen molar-refractivity contribution >= 4 is 40.2 Å². The summed E-state index contributed by atoms with van der Waals surface area (Å²) in [6.07, 6.45) is 0. The number of rotatable bonds is 3. The van der Waals surface area contributed by atoms with Crippen molar-refractivity contribution in [2.75, 3.05) is 18.2 Å². The first-order valence-electron chi connectivity index (χ1n) is 5.10. The van der Waals surface area contributed by atoms with E-state index >= 15 is 0 Å². The molecule has 0 bridgehead atoms. The van der Waals surface area contributed by atoms with E-state index in [0.29, 0.717) is 26.3 Å². The van der Waals surface area contributed by atoms with E-state index in [0.717, 1.165) is 0 Å². The lowest BCUT2D eigenvalue weighted by molar-refractivity contribution is 0.103. The van der Waals surface area contributed by atoms with Crippen LogP contribution in [-0.2, 0) is 0 Å². The van der Waals surface area contributed by atoms with E-state index < -0.39 is 0 Å². The van der Waals surface area contributed by atoms with Gasteiger partial charge in [0.1, 0.15) is 5.75 Å². The highest BCUT2D eigenvalue weighted by Crippen LogP contribution is 2.28. The molecule has 94 valence electrons. The Morgan fingerprint density at radius 2 is 2.17 bits per heavy atom. The number of hydrogen-bond acceptors (Lipinski definition) is 4. The van der Waals surface area contributed by atoms with Crippen LogP contribution in [0.25, 0.3) is 0 Å². The van der Waals surface area contributed by atoms with Crippen LogP contribution in [0.4, 0.5) is 11.4 Å². The molecule has 1 heterocycles. The van der Waals surface area contributed by atoms with Gasteiger partial charge in [-0.25, -0.2) is 0 Å². The Hall–Kier alpha value is -1.72. The number of halogens is 1. The van der Waals surface area contributed by atoms with E-state index in [4.69, 9.17) is 22.1 Å². The molecule has 0 aliphatic heterocycles. The molecule has 0 aliphatic rings. The van der Waals surface area contributed by atoms with Crippen LogP contribution in [0.3, 0.4) is 0 Å². The number of benzene rings is 1. The fourth-order valence-corrected chi connectivity index (χ4v) is 2.37. The highest BCUT2D eigenvalue weighted by Gasteiger charge is 2.11. The highest BCUT2D eigenvalue weighted by molar-refractivity contribution is 7.18. The summed E-state index contributed by atoms with van der Waals surface area (Å²) in [5.74, 6) is 0.293. The molecule has 1 aromatic heterocycles. The summed E-state index contributed by atoms with van der Waals surface area (Å²) >= 11 is 7.00. The zero-order chi connectivity index (χ0) is 13.1. The number of ether oxygens (including phenoxy) is 1. The minimum atomic E-state index is -0.227. The van der Waals surface area contributed by atoms with Crippen LogP contribution < -0.4 is 15.8 Å². The van der Waals surface area contributed by atoms with E-state index in [1.54, 1.807) is 30.3 Å². The number of carbonyl (C=O) groups excluding carboxylic acids is 1. The zero-order valence-corrected chi connectivity index (χ0v) is 11.1. The summed E-state index contributed by atoms with van der Waals surface area (Å²) in [7, 11) is 1.52. The van der Waals surface area contributed by atoms with Crippen molar-refractivity contribution in [3.63, 3.8) is 0 Å². The second-order valence-corrected chi connectivity index (χ2v) is 5.23. The summed E-state index contributed by atoms with van der Waals surface area (Å²) in [4.78, 5) is 12.5. The quantitative estimate of drug-likeness (QED) is 0.850. The van der Waals surface area contributed by atoms with E-state index in [-0.39, 0.29) is 5.91 Å². The lowest BCUT2D eigenvalue weighted by atomic mass is 10.2. The molecule has 0 saturated carbocycles. The fraction of sp³-hybridized carbons (Fsp3) is 0.0833. The predicted octanol–water partition coefficient (Wildman–Crippen LogP) is 3.24. The van der Waals surface area contributed by atoms with Gasteiger partial charge in [0.25, 0.3) is 5.91 Å². The van der Waals surface area contributed by atoms with E-state index in [1.165, 1.54) is 18.4 Å². The second kappa shape index (κ2) is 5.29. The van der Waals surface area contributed by atoms with Gasteiger partial charge in [-0.3, -0.25) is 4.79 Å². The third kappa shape index (κ3) is 2.75. The monoisotopic (exact) mass is 282 g/mol. The number of anilines is 2. The summed E-state index contributed by atoms with van der Waals surface area (Å²) < 4.78 is 5.72.